The summed E-state index contributed by atoms with van der Waals surface area (Å²) < 4.78 is 12.9. The van der Waals surface area contributed by atoms with Crippen LogP contribution < -0.4 is 10.3 Å². The van der Waals surface area contributed by atoms with Gasteiger partial charge in [0, 0.05) is 29.6 Å². The summed E-state index contributed by atoms with van der Waals surface area (Å²) in [5, 5.41) is 13.7. The number of hydrogen-bond donors (Lipinski definition) is 1. The Labute approximate surface area is 174 Å². The molecule has 1 aromatic carbocycles. The molecule has 0 spiro atoms. The fourth-order valence-electron chi connectivity index (χ4n) is 4.66. The Bertz CT molecular complexity index is 1080. The van der Waals surface area contributed by atoms with Gasteiger partial charge in [0.2, 0.25) is 0 Å². The van der Waals surface area contributed by atoms with Gasteiger partial charge in [-0.05, 0) is 47.5 Å². The van der Waals surface area contributed by atoms with Crippen LogP contribution in [0.1, 0.15) is 49.2 Å². The maximum Gasteiger partial charge on any atom is 0.253 e. The van der Waals surface area contributed by atoms with E-state index in [1.807, 2.05) is 28.9 Å². The third-order valence-electron chi connectivity index (χ3n) is 6.22. The average Bonchev–Trinajstić information content (AvgIpc) is 3.47. The predicted octanol–water partition coefficient (Wildman–Crippen LogP) is 2.06. The van der Waals surface area contributed by atoms with Crippen molar-refractivity contribution in [2.45, 2.75) is 37.8 Å². The molecule has 0 radical (unpaired) electrons. The Kier molecular flexibility index (Phi) is 5.22. The first kappa shape index (κ1) is 19.2. The first-order valence-electron chi connectivity index (χ1n) is 10.5. The lowest BCUT2D eigenvalue weighted by atomic mass is 10.0. The number of fused-ring (bicyclic) bond motifs is 1. The molecule has 0 amide bonds. The van der Waals surface area contributed by atoms with Crippen LogP contribution in [0.4, 0.5) is 0 Å². The molecule has 1 aliphatic heterocycles. The number of benzene rings is 1. The van der Waals surface area contributed by atoms with Gasteiger partial charge in [-0.15, -0.1) is 5.10 Å². The van der Waals surface area contributed by atoms with E-state index in [1.165, 1.54) is 12.8 Å². The van der Waals surface area contributed by atoms with E-state index < -0.39 is 0 Å². The molecule has 30 heavy (non-hydrogen) atoms. The molecule has 1 atom stereocenters. The normalized spacial score (nSPS) is 19.4. The van der Waals surface area contributed by atoms with Crippen molar-refractivity contribution in [3.8, 4) is 5.75 Å². The number of aromatic nitrogens is 5. The highest BCUT2D eigenvalue weighted by Gasteiger charge is 2.33. The van der Waals surface area contributed by atoms with Gasteiger partial charge in [0.05, 0.1) is 26.4 Å². The van der Waals surface area contributed by atoms with Gasteiger partial charge >= 0.3 is 0 Å². The van der Waals surface area contributed by atoms with Crippen LogP contribution in [-0.4, -0.2) is 63.5 Å². The van der Waals surface area contributed by atoms with Crippen LogP contribution in [0.2, 0.25) is 0 Å². The lowest BCUT2D eigenvalue weighted by Crippen LogP contribution is -2.42. The van der Waals surface area contributed by atoms with Crippen molar-refractivity contribution < 1.29 is 9.47 Å². The van der Waals surface area contributed by atoms with E-state index in [0.717, 1.165) is 48.4 Å². The monoisotopic (exact) mass is 410 g/mol. The molecular formula is C21H26N6O3. The van der Waals surface area contributed by atoms with Crippen LogP contribution in [-0.2, 0) is 4.74 Å². The average molecular weight is 410 g/mol. The number of tetrazole rings is 1. The van der Waals surface area contributed by atoms with Crippen molar-refractivity contribution in [2.75, 3.05) is 33.4 Å². The number of methoxy groups -OCH3 is 1. The predicted molar refractivity (Wildman–Crippen MR) is 111 cm³/mol. The molecule has 158 valence electrons. The largest absolute Gasteiger partial charge is 0.497 e. The number of ether oxygens (including phenoxy) is 2. The minimum absolute atomic E-state index is 0.120. The second-order valence-electron chi connectivity index (χ2n) is 7.98. The van der Waals surface area contributed by atoms with Crippen LogP contribution in [0.15, 0.2) is 29.1 Å². The van der Waals surface area contributed by atoms with E-state index in [2.05, 4.69) is 25.4 Å². The molecule has 9 nitrogen and oxygen atoms in total. The molecule has 0 bridgehead atoms. The summed E-state index contributed by atoms with van der Waals surface area (Å²) in [6.07, 6.45) is 4.50. The van der Waals surface area contributed by atoms with E-state index in [1.54, 1.807) is 7.11 Å². The maximum absolute atomic E-state index is 13.2. The van der Waals surface area contributed by atoms with Gasteiger partial charge in [0.15, 0.2) is 5.82 Å². The highest BCUT2D eigenvalue weighted by Crippen LogP contribution is 2.34. The third kappa shape index (κ3) is 3.48. The molecule has 1 aliphatic carbocycles. The number of aromatic amines is 1. The molecule has 2 fully saturated rings. The van der Waals surface area contributed by atoms with Gasteiger partial charge in [-0.2, -0.15) is 0 Å². The van der Waals surface area contributed by atoms with E-state index in [9.17, 15) is 4.79 Å². The molecule has 3 aromatic rings. The lowest BCUT2D eigenvalue weighted by molar-refractivity contribution is 0.0211. The SMILES string of the molecule is COc1ccc2[nH]c(=O)c(C(c3nnnn3C3CCCC3)N3CCOCC3)cc2c1. The first-order chi connectivity index (χ1) is 14.7. The van der Waals surface area contributed by atoms with Crippen molar-refractivity contribution in [1.29, 1.82) is 0 Å². The van der Waals surface area contributed by atoms with Crippen LogP contribution in [0, 0.1) is 0 Å². The molecule has 3 heterocycles. The summed E-state index contributed by atoms with van der Waals surface area (Å²) in [7, 11) is 1.64. The maximum atomic E-state index is 13.2. The Morgan fingerprint density at radius 2 is 2.00 bits per heavy atom. The minimum atomic E-state index is -0.330. The summed E-state index contributed by atoms with van der Waals surface area (Å²) in [6.45, 7) is 2.69. The van der Waals surface area contributed by atoms with Gasteiger partial charge in [-0.25, -0.2) is 4.68 Å². The second kappa shape index (κ2) is 8.16. The van der Waals surface area contributed by atoms with Crippen LogP contribution in [0.3, 0.4) is 0 Å². The smallest absolute Gasteiger partial charge is 0.253 e. The number of nitrogens with zero attached hydrogens (tertiary/aromatic N) is 5. The summed E-state index contributed by atoms with van der Waals surface area (Å²) >= 11 is 0. The Morgan fingerprint density at radius 1 is 1.20 bits per heavy atom. The molecule has 2 aromatic heterocycles. The van der Waals surface area contributed by atoms with Crippen LogP contribution in [0.5, 0.6) is 5.75 Å². The molecule has 5 rings (SSSR count). The van der Waals surface area contributed by atoms with Crippen molar-refractivity contribution in [3.63, 3.8) is 0 Å². The van der Waals surface area contributed by atoms with E-state index in [4.69, 9.17) is 9.47 Å². The Balaban J connectivity index is 1.65. The molecule has 1 unspecified atom stereocenters. The van der Waals surface area contributed by atoms with Crippen LogP contribution in [0.25, 0.3) is 10.9 Å². The van der Waals surface area contributed by atoms with E-state index in [-0.39, 0.29) is 17.6 Å². The van der Waals surface area contributed by atoms with E-state index >= 15 is 0 Å². The highest BCUT2D eigenvalue weighted by molar-refractivity contribution is 5.80. The number of hydrogen-bond acceptors (Lipinski definition) is 7. The fourth-order valence-corrected chi connectivity index (χ4v) is 4.66. The molecule has 2 aliphatic rings. The quantitative estimate of drug-likeness (QED) is 0.687. The van der Waals surface area contributed by atoms with Gasteiger partial charge in [-0.1, -0.05) is 12.8 Å². The summed E-state index contributed by atoms with van der Waals surface area (Å²) in [4.78, 5) is 18.5. The number of morpholine rings is 1. The van der Waals surface area contributed by atoms with Gasteiger partial charge in [0.1, 0.15) is 11.8 Å². The van der Waals surface area contributed by atoms with E-state index in [0.29, 0.717) is 18.8 Å². The Morgan fingerprint density at radius 3 is 2.77 bits per heavy atom. The van der Waals surface area contributed by atoms with Gasteiger partial charge in [0.25, 0.3) is 5.56 Å². The zero-order valence-corrected chi connectivity index (χ0v) is 17.1. The standard InChI is InChI=1S/C21H26N6O3/c1-29-16-6-7-18-14(12-16)13-17(21(28)22-18)19(26-8-10-30-11-9-26)20-23-24-25-27(20)15-4-2-3-5-15/h6-7,12-13,15,19H,2-5,8-11H2,1H3,(H,22,28). The van der Waals surface area contributed by atoms with Crippen molar-refractivity contribution >= 4 is 10.9 Å². The molecule has 9 heteroatoms. The van der Waals surface area contributed by atoms with Gasteiger partial charge < -0.3 is 14.5 Å². The number of nitrogens with one attached hydrogen (secondary N) is 1. The highest BCUT2D eigenvalue weighted by atomic mass is 16.5. The second-order valence-corrected chi connectivity index (χ2v) is 7.98. The molecular weight excluding hydrogens is 384 g/mol. The van der Waals surface area contributed by atoms with Crippen molar-refractivity contribution in [1.82, 2.24) is 30.1 Å². The molecule has 1 N–H and O–H groups in total. The van der Waals surface area contributed by atoms with Crippen molar-refractivity contribution in [2.24, 2.45) is 0 Å². The minimum Gasteiger partial charge on any atom is -0.497 e. The summed E-state index contributed by atoms with van der Waals surface area (Å²) in [6, 6.07) is 7.56. The first-order valence-corrected chi connectivity index (χ1v) is 10.5. The van der Waals surface area contributed by atoms with Gasteiger partial charge in [-0.3, -0.25) is 9.69 Å². The van der Waals surface area contributed by atoms with Crippen LogP contribution >= 0.6 is 0 Å². The third-order valence-corrected chi connectivity index (χ3v) is 6.22. The number of pyridine rings is 1. The Hall–Kier alpha value is -2.78. The topological polar surface area (TPSA) is 98.2 Å². The zero-order valence-electron chi connectivity index (χ0n) is 17.1. The number of H-pyrrole nitrogens is 1. The molecule has 1 saturated carbocycles. The number of rotatable bonds is 5. The van der Waals surface area contributed by atoms with Crippen molar-refractivity contribution in [3.05, 3.63) is 46.0 Å². The lowest BCUT2D eigenvalue weighted by Gasteiger charge is -2.34. The fraction of sp³-hybridized carbons (Fsp3) is 0.524. The zero-order chi connectivity index (χ0) is 20.5. The molecule has 1 saturated heterocycles. The summed E-state index contributed by atoms with van der Waals surface area (Å²) in [5.74, 6) is 1.48. The summed E-state index contributed by atoms with van der Waals surface area (Å²) in [5.41, 5.74) is 1.30.